The van der Waals surface area contributed by atoms with Gasteiger partial charge in [0.25, 0.3) is 0 Å². The van der Waals surface area contributed by atoms with E-state index in [-0.39, 0.29) is 20.4 Å². The first-order valence-electron chi connectivity index (χ1n) is 15.2. The van der Waals surface area contributed by atoms with Crippen LogP contribution in [-0.2, 0) is 11.3 Å². The molecule has 0 saturated heterocycles. The van der Waals surface area contributed by atoms with Gasteiger partial charge in [0.15, 0.2) is 11.9 Å². The predicted molar refractivity (Wildman–Crippen MR) is 202 cm³/mol. The van der Waals surface area contributed by atoms with Crippen LogP contribution in [0.25, 0.3) is 22.7 Å². The summed E-state index contributed by atoms with van der Waals surface area (Å²) < 4.78 is 19.7. The second-order valence-corrected chi connectivity index (χ2v) is 14.9. The molecule has 0 aliphatic heterocycles. The monoisotopic (exact) mass is 858 g/mol. The molecule has 2 heterocycles. The fraction of sp³-hybridized carbons (Fsp3) is 0.270. The van der Waals surface area contributed by atoms with Crippen molar-refractivity contribution in [2.45, 2.75) is 61.4 Å². The number of ether oxygens (including phenoxy) is 3. The summed E-state index contributed by atoms with van der Waals surface area (Å²) >= 11 is 4.38. The minimum Gasteiger partial charge on any atom is -0.480 e. The number of rotatable bonds is 15. The van der Waals surface area contributed by atoms with Gasteiger partial charge in [-0.15, -0.1) is 0 Å². The molecule has 0 bridgehead atoms. The third-order valence-electron chi connectivity index (χ3n) is 7.36. The summed E-state index contributed by atoms with van der Waals surface area (Å²) in [7, 11) is 0. The molecule has 0 radical (unpaired) electrons. The van der Waals surface area contributed by atoms with Crippen molar-refractivity contribution in [1.82, 2.24) is 9.55 Å². The van der Waals surface area contributed by atoms with Gasteiger partial charge >= 0.3 is 5.97 Å². The minimum absolute atomic E-state index is 0.00261. The molecule has 2 aromatic carbocycles. The van der Waals surface area contributed by atoms with Gasteiger partial charge in [-0.25, -0.2) is 4.79 Å². The van der Waals surface area contributed by atoms with Crippen LogP contribution in [0.1, 0.15) is 73.3 Å². The molecular formula is C37H36I2N2O6. The Kier molecular flexibility index (Phi) is 11.1. The zero-order chi connectivity index (χ0) is 33.8. The molecule has 3 atom stereocenters. The Morgan fingerprint density at radius 2 is 1.74 bits per heavy atom. The van der Waals surface area contributed by atoms with Gasteiger partial charge in [0, 0.05) is 35.5 Å². The van der Waals surface area contributed by atoms with Crippen LogP contribution in [0.2, 0.25) is 0 Å². The summed E-state index contributed by atoms with van der Waals surface area (Å²) in [6, 6.07) is 16.7. The van der Waals surface area contributed by atoms with Gasteiger partial charge in [-0.2, -0.15) is 4.98 Å². The largest absolute Gasteiger partial charge is 0.480 e. The van der Waals surface area contributed by atoms with Crippen LogP contribution in [0.4, 0.5) is 0 Å². The van der Waals surface area contributed by atoms with Gasteiger partial charge in [-0.05, 0) is 133 Å². The molecule has 2 unspecified atom stereocenters. The first-order valence-corrected chi connectivity index (χ1v) is 17.7. The zero-order valence-electron chi connectivity index (χ0n) is 26.6. The fourth-order valence-corrected chi connectivity index (χ4v) is 5.91. The maximum Gasteiger partial charge on any atom is 0.345 e. The number of carbonyl (C=O) groups is 2. The molecule has 0 spiro atoms. The smallest absolute Gasteiger partial charge is 0.345 e. The van der Waals surface area contributed by atoms with Crippen LogP contribution in [-0.4, -0.2) is 40.7 Å². The number of aliphatic carboxylic acids is 1. The summed E-state index contributed by atoms with van der Waals surface area (Å²) in [6.07, 6.45) is 5.82. The lowest BCUT2D eigenvalue weighted by Crippen LogP contribution is -2.27. The van der Waals surface area contributed by atoms with Crippen molar-refractivity contribution < 1.29 is 28.9 Å². The lowest BCUT2D eigenvalue weighted by atomic mass is 9.99. The molecule has 8 nitrogen and oxygen atoms in total. The molecule has 0 amide bonds. The number of hydrogen-bond donors (Lipinski definition) is 1. The van der Waals surface area contributed by atoms with Gasteiger partial charge < -0.3 is 23.9 Å². The number of benzene rings is 2. The van der Waals surface area contributed by atoms with Crippen LogP contribution in [0, 0.1) is 0 Å². The molecular weight excluding hydrogens is 822 g/mol. The summed E-state index contributed by atoms with van der Waals surface area (Å²) in [5, 5.41) is 10.5. The normalized spacial score (nSPS) is 14.4. The van der Waals surface area contributed by atoms with E-state index >= 15 is 0 Å². The Bertz CT molecular complexity index is 1890. The zero-order valence-corrected chi connectivity index (χ0v) is 30.9. The Labute approximate surface area is 301 Å². The number of halogens is 2. The van der Waals surface area contributed by atoms with Crippen molar-refractivity contribution in [2.24, 2.45) is 0 Å². The second kappa shape index (κ2) is 15.1. The summed E-state index contributed by atoms with van der Waals surface area (Å²) in [5.41, 5.74) is 6.11. The number of aromatic nitrogens is 2. The number of fused-ring (bicyclic) bond motifs is 1. The fourth-order valence-electron chi connectivity index (χ4n) is 5.36. The van der Waals surface area contributed by atoms with E-state index in [0.29, 0.717) is 40.7 Å². The summed E-state index contributed by atoms with van der Waals surface area (Å²) in [4.78, 5) is 31.1. The number of allylic oxidation sites excluding steroid dienone is 3. The number of ketones is 1. The van der Waals surface area contributed by atoms with Crippen molar-refractivity contribution in [3.8, 4) is 17.4 Å². The average Bonchev–Trinajstić information content (AvgIpc) is 3.80. The van der Waals surface area contributed by atoms with Gasteiger partial charge in [0.05, 0.1) is 11.3 Å². The van der Waals surface area contributed by atoms with Crippen molar-refractivity contribution in [2.75, 3.05) is 0 Å². The summed E-state index contributed by atoms with van der Waals surface area (Å²) in [6.45, 7) is 11.8. The highest BCUT2D eigenvalue weighted by Gasteiger charge is 2.30. The molecule has 0 fully saturated rings. The third-order valence-corrected chi connectivity index (χ3v) is 7.87. The lowest BCUT2D eigenvalue weighted by Gasteiger charge is -2.18. The highest BCUT2D eigenvalue weighted by molar-refractivity contribution is 14.1. The van der Waals surface area contributed by atoms with E-state index < -0.39 is 12.1 Å². The van der Waals surface area contributed by atoms with E-state index in [1.165, 1.54) is 0 Å². The Morgan fingerprint density at radius 3 is 2.34 bits per heavy atom. The van der Waals surface area contributed by atoms with Crippen LogP contribution in [0.5, 0.6) is 17.4 Å². The molecule has 1 aliphatic rings. The van der Waals surface area contributed by atoms with E-state index in [9.17, 15) is 14.7 Å². The van der Waals surface area contributed by atoms with E-state index in [4.69, 9.17) is 19.2 Å². The number of alkyl halides is 2. The highest BCUT2D eigenvalue weighted by Crippen LogP contribution is 2.41. The number of carboxylic acid groups (broad SMARTS) is 1. The average molecular weight is 859 g/mol. The van der Waals surface area contributed by atoms with Gasteiger partial charge in [-0.1, -0.05) is 36.4 Å². The topological polar surface area (TPSA) is 99.9 Å². The first-order chi connectivity index (χ1) is 22.4. The number of carbonyl (C=O) groups excluding carboxylic acids is 1. The Hall–Kier alpha value is -3.65. The third kappa shape index (κ3) is 8.45. The molecule has 244 valence electrons. The maximum atomic E-state index is 14.3. The van der Waals surface area contributed by atoms with Crippen LogP contribution < -0.4 is 14.2 Å². The van der Waals surface area contributed by atoms with E-state index in [1.807, 2.05) is 69.3 Å². The maximum absolute atomic E-state index is 14.3. The van der Waals surface area contributed by atoms with E-state index in [2.05, 4.69) is 62.4 Å². The molecule has 2 aromatic heterocycles. The van der Waals surface area contributed by atoms with Crippen molar-refractivity contribution in [3.63, 3.8) is 0 Å². The SMILES string of the molecule is C=C(C)C[C@@H](Oc1ccc(Cn2c(C3=CC3)c(C(=O)c3ccc(OC(C)I)cc3)c3ccc(OC(C)I)nc32)cc1/C=C\C)C(=O)O. The van der Waals surface area contributed by atoms with Crippen LogP contribution in [0.3, 0.4) is 0 Å². The van der Waals surface area contributed by atoms with E-state index in [0.717, 1.165) is 39.8 Å². The van der Waals surface area contributed by atoms with Crippen molar-refractivity contribution in [1.29, 1.82) is 0 Å². The molecule has 5 rings (SSSR count). The molecule has 4 aromatic rings. The molecule has 47 heavy (non-hydrogen) atoms. The lowest BCUT2D eigenvalue weighted by molar-refractivity contribution is -0.145. The Morgan fingerprint density at radius 1 is 1.04 bits per heavy atom. The number of carboxylic acids is 1. The quantitative estimate of drug-likeness (QED) is 0.0551. The number of pyridine rings is 1. The second-order valence-electron chi connectivity index (χ2n) is 11.4. The minimum atomic E-state index is -1.05. The highest BCUT2D eigenvalue weighted by atomic mass is 127. The standard InChI is InChI=1S/C37H36I2N2O6/c1-6-7-27-19-24(8-16-30(27)47-31(37(43)44)18-21(2)3)20-41-34(25-9-10-25)33(29-15-17-32(40-36(29)41)46-23(5)39)35(42)26-11-13-28(14-12-26)45-22(4)38/h6-9,11-17,19,22-23,31H,2,10,18,20H2,1,3-5H3,(H,43,44)/b7-6-/t22?,23?,31-/m1/s1. The number of nitrogens with zero attached hydrogens (tertiary/aromatic N) is 2. The van der Waals surface area contributed by atoms with Crippen molar-refractivity contribution in [3.05, 3.63) is 107 Å². The van der Waals surface area contributed by atoms with Crippen LogP contribution >= 0.6 is 45.2 Å². The molecule has 0 saturated carbocycles. The van der Waals surface area contributed by atoms with Crippen molar-refractivity contribution >= 4 is 79.6 Å². The van der Waals surface area contributed by atoms with Gasteiger partial charge in [0.2, 0.25) is 5.88 Å². The number of hydrogen-bond acceptors (Lipinski definition) is 6. The molecule has 1 N–H and O–H groups in total. The van der Waals surface area contributed by atoms with Gasteiger partial charge in [-0.3, -0.25) is 4.79 Å². The van der Waals surface area contributed by atoms with Crippen LogP contribution in [0.15, 0.2) is 78.9 Å². The van der Waals surface area contributed by atoms with E-state index in [1.54, 1.807) is 25.1 Å². The predicted octanol–water partition coefficient (Wildman–Crippen LogP) is 9.25. The van der Waals surface area contributed by atoms with Gasteiger partial charge in [0.1, 0.15) is 25.4 Å². The summed E-state index contributed by atoms with van der Waals surface area (Å²) in [5.74, 6) is 0.491. The Balaban J connectivity index is 1.61. The molecule has 1 aliphatic carbocycles. The first kappa shape index (κ1) is 34.7. The molecule has 10 heteroatoms.